The van der Waals surface area contributed by atoms with Crippen molar-refractivity contribution in [2.24, 2.45) is 0 Å². The Hall–Kier alpha value is -3.56. The smallest absolute Gasteiger partial charge is 0.264 e. The molecule has 0 aromatic heterocycles. The van der Waals surface area contributed by atoms with Crippen LogP contribution in [0.1, 0.15) is 37.0 Å². The number of hydrogen-bond acceptors (Lipinski definition) is 5. The standard InChI is InChI=1S/C30H36ClN3O5S/c1-6-27(30(36)32-7-2)33(19-23-10-13-25(39-5)14-11-23)29(35)20-34(28-17-12-24(31)18-22(28)4)40(37,38)26-15-8-21(3)9-16-26/h8-18,27H,6-7,19-20H2,1-5H3,(H,32,36)/t27-/m0/s1. The molecular weight excluding hydrogens is 550 g/mol. The van der Waals surface area contributed by atoms with Gasteiger partial charge in [0.2, 0.25) is 11.8 Å². The molecule has 2 amide bonds. The van der Waals surface area contributed by atoms with Crippen LogP contribution in [0.4, 0.5) is 5.69 Å². The van der Waals surface area contributed by atoms with Gasteiger partial charge in [0.15, 0.2) is 0 Å². The fourth-order valence-corrected chi connectivity index (χ4v) is 6.09. The Kier molecular flexibility index (Phi) is 10.6. The summed E-state index contributed by atoms with van der Waals surface area (Å²) in [4.78, 5) is 28.6. The highest BCUT2D eigenvalue weighted by Crippen LogP contribution is 2.30. The van der Waals surface area contributed by atoms with Crippen molar-refractivity contribution >= 4 is 39.1 Å². The number of benzene rings is 3. The average molecular weight is 586 g/mol. The summed E-state index contributed by atoms with van der Waals surface area (Å²) in [5.41, 5.74) is 2.59. The van der Waals surface area contributed by atoms with Crippen LogP contribution >= 0.6 is 11.6 Å². The summed E-state index contributed by atoms with van der Waals surface area (Å²) in [7, 11) is -2.59. The highest BCUT2D eigenvalue weighted by atomic mass is 35.5. The van der Waals surface area contributed by atoms with Gasteiger partial charge in [0.25, 0.3) is 10.0 Å². The molecule has 3 rings (SSSR count). The van der Waals surface area contributed by atoms with E-state index in [0.29, 0.717) is 35.0 Å². The van der Waals surface area contributed by atoms with E-state index in [0.717, 1.165) is 15.4 Å². The van der Waals surface area contributed by atoms with E-state index >= 15 is 0 Å². The molecule has 3 aromatic rings. The summed E-state index contributed by atoms with van der Waals surface area (Å²) in [6.45, 7) is 7.23. The maximum Gasteiger partial charge on any atom is 0.264 e. The number of sulfonamides is 1. The molecule has 0 heterocycles. The molecule has 0 saturated carbocycles. The lowest BCUT2D eigenvalue weighted by Gasteiger charge is -2.33. The van der Waals surface area contributed by atoms with Crippen LogP contribution in [0.3, 0.4) is 0 Å². The van der Waals surface area contributed by atoms with Crippen molar-refractivity contribution in [1.29, 1.82) is 0 Å². The van der Waals surface area contributed by atoms with Crippen LogP contribution < -0.4 is 14.4 Å². The zero-order valence-electron chi connectivity index (χ0n) is 23.5. The number of likely N-dealkylation sites (N-methyl/N-ethyl adjacent to an activating group) is 1. The lowest BCUT2D eigenvalue weighted by atomic mass is 10.1. The fraction of sp³-hybridized carbons (Fsp3) is 0.333. The Morgan fingerprint density at radius 1 is 0.975 bits per heavy atom. The third-order valence-corrected chi connectivity index (χ3v) is 8.57. The molecule has 0 bridgehead atoms. The summed E-state index contributed by atoms with van der Waals surface area (Å²) in [6.07, 6.45) is 0.346. The fourth-order valence-electron chi connectivity index (χ4n) is 4.39. The molecule has 0 aliphatic heterocycles. The first kappa shape index (κ1) is 31.0. The van der Waals surface area contributed by atoms with E-state index in [9.17, 15) is 18.0 Å². The Morgan fingerprint density at radius 2 is 1.62 bits per heavy atom. The minimum Gasteiger partial charge on any atom is -0.497 e. The number of carbonyl (C=O) groups is 2. The molecule has 1 atom stereocenters. The summed E-state index contributed by atoms with van der Waals surface area (Å²) in [6, 6.07) is 17.7. The molecule has 1 N–H and O–H groups in total. The largest absolute Gasteiger partial charge is 0.497 e. The quantitative estimate of drug-likeness (QED) is 0.319. The SMILES string of the molecule is CCNC(=O)[C@H](CC)N(Cc1ccc(OC)cc1)C(=O)CN(c1ccc(Cl)cc1C)S(=O)(=O)c1ccc(C)cc1. The van der Waals surface area contributed by atoms with Gasteiger partial charge in [-0.3, -0.25) is 13.9 Å². The van der Waals surface area contributed by atoms with E-state index in [-0.39, 0.29) is 17.3 Å². The molecule has 0 unspecified atom stereocenters. The first-order chi connectivity index (χ1) is 19.0. The molecular formula is C30H36ClN3O5S. The summed E-state index contributed by atoms with van der Waals surface area (Å²) >= 11 is 6.17. The maximum absolute atomic E-state index is 14.1. The van der Waals surface area contributed by atoms with Gasteiger partial charge in [0.1, 0.15) is 18.3 Å². The van der Waals surface area contributed by atoms with Crippen LogP contribution in [0, 0.1) is 13.8 Å². The van der Waals surface area contributed by atoms with Crippen LogP contribution in [-0.4, -0.2) is 51.4 Å². The summed E-state index contributed by atoms with van der Waals surface area (Å²) in [5.74, 6) is -0.160. The molecule has 10 heteroatoms. The van der Waals surface area contributed by atoms with E-state index in [1.165, 1.54) is 17.0 Å². The highest BCUT2D eigenvalue weighted by molar-refractivity contribution is 7.92. The summed E-state index contributed by atoms with van der Waals surface area (Å²) < 4.78 is 34.3. The number of rotatable bonds is 12. The van der Waals surface area contributed by atoms with Crippen molar-refractivity contribution < 1.29 is 22.7 Å². The van der Waals surface area contributed by atoms with Crippen LogP contribution in [-0.2, 0) is 26.2 Å². The lowest BCUT2D eigenvalue weighted by molar-refractivity contribution is -0.140. The second-order valence-electron chi connectivity index (χ2n) is 9.44. The molecule has 0 saturated heterocycles. The van der Waals surface area contributed by atoms with Gasteiger partial charge >= 0.3 is 0 Å². The number of aryl methyl sites for hydroxylation is 2. The molecule has 8 nitrogen and oxygen atoms in total. The second-order valence-corrected chi connectivity index (χ2v) is 11.7. The molecule has 40 heavy (non-hydrogen) atoms. The molecule has 0 fully saturated rings. The average Bonchev–Trinajstić information content (AvgIpc) is 2.92. The number of hydrogen-bond donors (Lipinski definition) is 1. The Labute approximate surface area is 241 Å². The number of carbonyl (C=O) groups excluding carboxylic acids is 2. The molecule has 3 aromatic carbocycles. The highest BCUT2D eigenvalue weighted by Gasteiger charge is 2.34. The van der Waals surface area contributed by atoms with Gasteiger partial charge in [0, 0.05) is 18.1 Å². The number of halogens is 1. The maximum atomic E-state index is 14.1. The topological polar surface area (TPSA) is 96.0 Å². The van der Waals surface area contributed by atoms with Gasteiger partial charge in [-0.05, 0) is 80.8 Å². The number of nitrogens with one attached hydrogen (secondary N) is 1. The molecule has 0 radical (unpaired) electrons. The van der Waals surface area contributed by atoms with Crippen molar-refractivity contribution in [3.8, 4) is 5.75 Å². The number of amides is 2. The molecule has 0 aliphatic rings. The minimum absolute atomic E-state index is 0.0534. The van der Waals surface area contributed by atoms with Gasteiger partial charge in [-0.1, -0.05) is 48.4 Å². The minimum atomic E-state index is -4.15. The first-order valence-corrected chi connectivity index (χ1v) is 14.9. The molecule has 214 valence electrons. The van der Waals surface area contributed by atoms with Gasteiger partial charge < -0.3 is 15.0 Å². The zero-order chi connectivity index (χ0) is 29.4. The monoisotopic (exact) mass is 585 g/mol. The van der Waals surface area contributed by atoms with Crippen LogP contribution in [0.5, 0.6) is 5.75 Å². The van der Waals surface area contributed by atoms with E-state index in [2.05, 4.69) is 5.32 Å². The van der Waals surface area contributed by atoms with Crippen molar-refractivity contribution in [2.75, 3.05) is 24.5 Å². The second kappa shape index (κ2) is 13.7. The van der Waals surface area contributed by atoms with Crippen molar-refractivity contribution in [1.82, 2.24) is 10.2 Å². The van der Waals surface area contributed by atoms with Crippen LogP contribution in [0.25, 0.3) is 0 Å². The van der Waals surface area contributed by atoms with E-state index in [1.54, 1.807) is 63.4 Å². The van der Waals surface area contributed by atoms with E-state index in [4.69, 9.17) is 16.3 Å². The van der Waals surface area contributed by atoms with Crippen molar-refractivity contribution in [3.63, 3.8) is 0 Å². The molecule has 0 spiro atoms. The number of nitrogens with zero attached hydrogens (tertiary/aromatic N) is 2. The summed E-state index contributed by atoms with van der Waals surface area (Å²) in [5, 5.41) is 3.25. The third kappa shape index (κ3) is 7.34. The van der Waals surface area contributed by atoms with Gasteiger partial charge in [-0.25, -0.2) is 8.42 Å². The Bertz CT molecular complexity index is 1430. The zero-order valence-corrected chi connectivity index (χ0v) is 25.1. The predicted molar refractivity (Wildman–Crippen MR) is 158 cm³/mol. The normalized spacial score (nSPS) is 11.9. The van der Waals surface area contributed by atoms with Crippen LogP contribution in [0.15, 0.2) is 71.6 Å². The number of methoxy groups -OCH3 is 1. The van der Waals surface area contributed by atoms with Crippen molar-refractivity contribution in [3.05, 3.63) is 88.4 Å². The van der Waals surface area contributed by atoms with Gasteiger partial charge in [-0.2, -0.15) is 0 Å². The first-order valence-electron chi connectivity index (χ1n) is 13.1. The predicted octanol–water partition coefficient (Wildman–Crippen LogP) is 5.10. The lowest BCUT2D eigenvalue weighted by Crippen LogP contribution is -2.52. The number of ether oxygens (including phenoxy) is 1. The van der Waals surface area contributed by atoms with Gasteiger partial charge in [0.05, 0.1) is 17.7 Å². The molecule has 0 aliphatic carbocycles. The van der Waals surface area contributed by atoms with Crippen molar-refractivity contribution in [2.45, 2.75) is 51.6 Å². The van der Waals surface area contributed by atoms with Crippen LogP contribution in [0.2, 0.25) is 5.02 Å². The Balaban J connectivity index is 2.08. The van der Waals surface area contributed by atoms with E-state index < -0.39 is 28.5 Å². The Morgan fingerprint density at radius 3 is 2.17 bits per heavy atom. The number of anilines is 1. The third-order valence-electron chi connectivity index (χ3n) is 6.56. The van der Waals surface area contributed by atoms with E-state index in [1.807, 2.05) is 26.0 Å². The van der Waals surface area contributed by atoms with Gasteiger partial charge in [-0.15, -0.1) is 0 Å².